The maximum absolute atomic E-state index is 13.4. The van der Waals surface area contributed by atoms with Crippen molar-refractivity contribution >= 4 is 34.5 Å². The Morgan fingerprint density at radius 2 is 1.97 bits per heavy atom. The number of hydrogen-bond donors (Lipinski definition) is 0. The zero-order chi connectivity index (χ0) is 23.8. The normalized spacial score (nSPS) is 16.6. The van der Waals surface area contributed by atoms with E-state index < -0.39 is 0 Å². The van der Waals surface area contributed by atoms with E-state index in [1.54, 1.807) is 22.5 Å². The molecule has 3 aromatic heterocycles. The number of benzene rings is 1. The summed E-state index contributed by atoms with van der Waals surface area (Å²) in [6, 6.07) is 8.40. The topological polar surface area (TPSA) is 90.3 Å². The van der Waals surface area contributed by atoms with Gasteiger partial charge in [0, 0.05) is 19.6 Å². The van der Waals surface area contributed by atoms with Gasteiger partial charge in [0.2, 0.25) is 11.7 Å². The van der Waals surface area contributed by atoms with E-state index in [2.05, 4.69) is 22.2 Å². The highest BCUT2D eigenvalue weighted by Crippen LogP contribution is 2.25. The van der Waals surface area contributed by atoms with E-state index in [9.17, 15) is 9.59 Å². The molecule has 1 amide bonds. The van der Waals surface area contributed by atoms with E-state index in [4.69, 9.17) is 0 Å². The van der Waals surface area contributed by atoms with Crippen molar-refractivity contribution < 1.29 is 4.79 Å². The molecule has 10 heteroatoms. The van der Waals surface area contributed by atoms with Crippen LogP contribution in [0.5, 0.6) is 0 Å². The van der Waals surface area contributed by atoms with Crippen LogP contribution in [0.1, 0.15) is 43.7 Å². The summed E-state index contributed by atoms with van der Waals surface area (Å²) >= 11 is 1.36. The maximum Gasteiger partial charge on any atom is 0.281 e. The summed E-state index contributed by atoms with van der Waals surface area (Å²) in [5.74, 6) is 0.866. The molecule has 1 fully saturated rings. The zero-order valence-electron chi connectivity index (χ0n) is 19.8. The van der Waals surface area contributed by atoms with Crippen LogP contribution in [0.15, 0.2) is 40.4 Å². The van der Waals surface area contributed by atoms with Crippen molar-refractivity contribution in [3.63, 3.8) is 0 Å². The Labute approximate surface area is 201 Å². The molecule has 0 N–H and O–H groups in total. The summed E-state index contributed by atoms with van der Waals surface area (Å²) in [4.78, 5) is 28.5. The van der Waals surface area contributed by atoms with Gasteiger partial charge in [0.05, 0.1) is 18.5 Å². The smallest absolute Gasteiger partial charge is 0.281 e. The van der Waals surface area contributed by atoms with Gasteiger partial charge in [0.15, 0.2) is 10.7 Å². The molecular formula is C24H29N7O2S. The van der Waals surface area contributed by atoms with Crippen LogP contribution in [0, 0.1) is 6.92 Å². The molecule has 34 heavy (non-hydrogen) atoms. The minimum absolute atomic E-state index is 0.128. The maximum atomic E-state index is 13.4. The molecule has 4 heterocycles. The Hall–Kier alpha value is -3.14. The molecule has 0 aliphatic carbocycles. The second kappa shape index (κ2) is 9.25. The summed E-state index contributed by atoms with van der Waals surface area (Å²) in [7, 11) is 1.76. The number of aryl methyl sites for hydroxylation is 2. The molecule has 1 atom stereocenters. The van der Waals surface area contributed by atoms with Gasteiger partial charge < -0.3 is 4.90 Å². The van der Waals surface area contributed by atoms with Gasteiger partial charge in [-0.1, -0.05) is 48.5 Å². The molecule has 1 aromatic carbocycles. The first-order valence-electron chi connectivity index (χ1n) is 11.8. The highest BCUT2D eigenvalue weighted by atomic mass is 32.2. The van der Waals surface area contributed by atoms with Gasteiger partial charge in [0.1, 0.15) is 5.52 Å². The number of fused-ring (bicyclic) bond motifs is 3. The van der Waals surface area contributed by atoms with Crippen molar-refractivity contribution in [3.05, 3.63) is 51.9 Å². The predicted molar refractivity (Wildman–Crippen MR) is 132 cm³/mol. The molecule has 9 nitrogen and oxygen atoms in total. The molecule has 4 aromatic rings. The lowest BCUT2D eigenvalue weighted by Crippen LogP contribution is -2.44. The van der Waals surface area contributed by atoms with Gasteiger partial charge in [-0.15, -0.1) is 10.2 Å². The van der Waals surface area contributed by atoms with Crippen LogP contribution in [0.3, 0.4) is 0 Å². The van der Waals surface area contributed by atoms with Crippen LogP contribution in [-0.4, -0.2) is 58.1 Å². The molecular weight excluding hydrogens is 450 g/mol. The summed E-state index contributed by atoms with van der Waals surface area (Å²) < 4.78 is 5.07. The predicted octanol–water partition coefficient (Wildman–Crippen LogP) is 3.02. The highest BCUT2D eigenvalue weighted by Gasteiger charge is 2.26. The standard InChI is InChI=1S/C24H29N7O2S/c1-4-18-7-5-6-12-29(18)20(32)15-34-24-27-26-23-30(14-17-10-8-16(2)9-11-17)22(33)21-19(31(23)24)13-25-28(21)3/h8-11,13,18H,4-7,12,14-15H2,1-3H3/t18-/m1/s1. The van der Waals surface area contributed by atoms with E-state index in [1.807, 2.05) is 40.5 Å². The average Bonchev–Trinajstić information content (AvgIpc) is 3.45. The minimum Gasteiger partial charge on any atom is -0.339 e. The van der Waals surface area contributed by atoms with Gasteiger partial charge in [0.25, 0.3) is 5.56 Å². The summed E-state index contributed by atoms with van der Waals surface area (Å²) in [6.45, 7) is 5.37. The molecule has 0 spiro atoms. The molecule has 178 valence electrons. The van der Waals surface area contributed by atoms with E-state index in [-0.39, 0.29) is 17.2 Å². The Morgan fingerprint density at radius 3 is 2.74 bits per heavy atom. The van der Waals surface area contributed by atoms with Gasteiger partial charge in [-0.2, -0.15) is 5.10 Å². The lowest BCUT2D eigenvalue weighted by Gasteiger charge is -2.35. The number of carbonyl (C=O) groups excluding carboxylic acids is 1. The third kappa shape index (κ3) is 4.00. The fourth-order valence-corrected chi connectivity index (χ4v) is 5.60. The van der Waals surface area contributed by atoms with E-state index in [0.717, 1.165) is 36.9 Å². The van der Waals surface area contributed by atoms with Crippen LogP contribution in [-0.2, 0) is 18.4 Å². The van der Waals surface area contributed by atoms with E-state index in [0.29, 0.717) is 34.6 Å². The van der Waals surface area contributed by atoms with E-state index in [1.165, 1.54) is 18.2 Å². The number of rotatable bonds is 6. The second-order valence-corrected chi connectivity index (χ2v) is 9.87. The molecule has 0 unspecified atom stereocenters. The Balaban J connectivity index is 1.51. The van der Waals surface area contributed by atoms with Gasteiger partial charge in [-0.25, -0.2) is 0 Å². The Bertz CT molecular complexity index is 1400. The molecule has 0 saturated carbocycles. The largest absolute Gasteiger partial charge is 0.339 e. The van der Waals surface area contributed by atoms with Crippen LogP contribution in [0.25, 0.3) is 16.8 Å². The van der Waals surface area contributed by atoms with Gasteiger partial charge >= 0.3 is 0 Å². The number of nitrogens with zero attached hydrogens (tertiary/aromatic N) is 7. The van der Waals surface area contributed by atoms with Crippen molar-refractivity contribution in [1.29, 1.82) is 0 Å². The third-order valence-corrected chi connectivity index (χ3v) is 7.58. The molecule has 1 saturated heterocycles. The van der Waals surface area contributed by atoms with Crippen molar-refractivity contribution in [1.82, 2.24) is 33.8 Å². The fraction of sp³-hybridized carbons (Fsp3) is 0.458. The fourth-order valence-electron chi connectivity index (χ4n) is 4.78. The Kier molecular flexibility index (Phi) is 6.16. The summed E-state index contributed by atoms with van der Waals surface area (Å²) in [6.07, 6.45) is 5.95. The quantitative estimate of drug-likeness (QED) is 0.395. The first kappa shape index (κ1) is 22.6. The average molecular weight is 480 g/mol. The number of likely N-dealkylation sites (tertiary alicyclic amines) is 1. The lowest BCUT2D eigenvalue weighted by atomic mass is 10.0. The van der Waals surface area contributed by atoms with Crippen molar-refractivity contribution in [2.45, 2.75) is 57.3 Å². The summed E-state index contributed by atoms with van der Waals surface area (Å²) in [5.41, 5.74) is 3.12. The number of aromatic nitrogens is 6. The van der Waals surface area contributed by atoms with Crippen molar-refractivity contribution in [2.24, 2.45) is 7.05 Å². The van der Waals surface area contributed by atoms with Crippen LogP contribution < -0.4 is 5.56 Å². The number of piperidine rings is 1. The molecule has 5 rings (SSSR count). The molecule has 0 radical (unpaired) electrons. The SMILES string of the molecule is CC[C@@H]1CCCCN1C(=O)CSc1nnc2n(Cc3ccc(C)cc3)c(=O)c3c(cnn3C)n12. The molecule has 1 aliphatic rings. The van der Waals surface area contributed by atoms with Crippen LogP contribution in [0.4, 0.5) is 0 Å². The van der Waals surface area contributed by atoms with Gasteiger partial charge in [-0.05, 0) is 38.2 Å². The van der Waals surface area contributed by atoms with E-state index >= 15 is 0 Å². The molecule has 1 aliphatic heterocycles. The van der Waals surface area contributed by atoms with Crippen molar-refractivity contribution in [3.8, 4) is 0 Å². The lowest BCUT2D eigenvalue weighted by molar-refractivity contribution is -0.132. The zero-order valence-corrected chi connectivity index (χ0v) is 20.6. The number of thioether (sulfide) groups is 1. The first-order valence-corrected chi connectivity index (χ1v) is 12.7. The second-order valence-electron chi connectivity index (χ2n) is 8.93. The highest BCUT2D eigenvalue weighted by molar-refractivity contribution is 7.99. The van der Waals surface area contributed by atoms with Gasteiger partial charge in [-0.3, -0.25) is 23.2 Å². The number of carbonyl (C=O) groups is 1. The molecule has 0 bridgehead atoms. The first-order chi connectivity index (χ1) is 16.5. The number of hydrogen-bond acceptors (Lipinski definition) is 6. The van der Waals surface area contributed by atoms with Crippen LogP contribution >= 0.6 is 11.8 Å². The number of amides is 1. The van der Waals surface area contributed by atoms with Crippen LogP contribution in [0.2, 0.25) is 0 Å². The third-order valence-electron chi connectivity index (χ3n) is 6.67. The minimum atomic E-state index is -0.165. The summed E-state index contributed by atoms with van der Waals surface area (Å²) in [5, 5.41) is 13.7. The van der Waals surface area contributed by atoms with Crippen molar-refractivity contribution in [2.75, 3.05) is 12.3 Å². The Morgan fingerprint density at radius 1 is 1.18 bits per heavy atom. The monoisotopic (exact) mass is 479 g/mol.